The van der Waals surface area contributed by atoms with Gasteiger partial charge in [-0.2, -0.15) is 0 Å². The number of rotatable bonds is 13. The van der Waals surface area contributed by atoms with Crippen molar-refractivity contribution < 1.29 is 28.2 Å². The predicted molar refractivity (Wildman–Crippen MR) is 142 cm³/mol. The van der Waals surface area contributed by atoms with Crippen LogP contribution < -0.4 is 10.1 Å². The minimum Gasteiger partial charge on any atom is -0.488 e. The molecule has 1 saturated heterocycles. The number of aryl methyl sites for hydroxylation is 1. The lowest BCUT2D eigenvalue weighted by molar-refractivity contribution is -0.133. The number of amides is 2. The molecule has 2 aromatic carbocycles. The predicted octanol–water partition coefficient (Wildman–Crippen LogP) is 3.37. The Hall–Kier alpha value is -3.30. The van der Waals surface area contributed by atoms with Crippen molar-refractivity contribution in [3.05, 3.63) is 64.5 Å². The third kappa shape index (κ3) is 7.85. The van der Waals surface area contributed by atoms with Crippen LogP contribution in [0.1, 0.15) is 48.9 Å². The van der Waals surface area contributed by atoms with E-state index < -0.39 is 6.04 Å². The average molecular weight is 528 g/mol. The molecule has 9 heteroatoms. The van der Waals surface area contributed by atoms with E-state index in [1.807, 2.05) is 25.1 Å². The van der Waals surface area contributed by atoms with Crippen molar-refractivity contribution in [2.24, 2.45) is 0 Å². The third-order valence-corrected chi connectivity index (χ3v) is 6.75. The Kier molecular flexibility index (Phi) is 10.8. The number of hydrogen-bond acceptors (Lipinski definition) is 6. The first kappa shape index (κ1) is 29.3. The molecule has 206 valence electrons. The van der Waals surface area contributed by atoms with E-state index in [4.69, 9.17) is 9.47 Å². The van der Waals surface area contributed by atoms with E-state index in [1.54, 1.807) is 12.1 Å². The molecule has 2 amide bonds. The summed E-state index contributed by atoms with van der Waals surface area (Å²) in [5.74, 6) is -0.198. The fourth-order valence-corrected chi connectivity index (χ4v) is 4.92. The number of nitrogens with one attached hydrogen (secondary N) is 1. The van der Waals surface area contributed by atoms with Gasteiger partial charge in [0.25, 0.3) is 0 Å². The Morgan fingerprint density at radius 2 is 1.97 bits per heavy atom. The fraction of sp³-hybridized carbons (Fsp3) is 0.483. The van der Waals surface area contributed by atoms with Crippen LogP contribution in [0.15, 0.2) is 36.4 Å². The molecule has 0 radical (unpaired) electrons. The van der Waals surface area contributed by atoms with Crippen molar-refractivity contribution in [3.63, 3.8) is 0 Å². The number of ether oxygens (including phenoxy) is 2. The van der Waals surface area contributed by atoms with E-state index in [0.717, 1.165) is 30.5 Å². The Morgan fingerprint density at radius 3 is 2.63 bits per heavy atom. The van der Waals surface area contributed by atoms with Crippen LogP contribution in [0.25, 0.3) is 0 Å². The summed E-state index contributed by atoms with van der Waals surface area (Å²) in [4.78, 5) is 39.0. The van der Waals surface area contributed by atoms with Crippen molar-refractivity contribution in [3.8, 4) is 5.75 Å². The molecule has 0 aliphatic carbocycles. The highest BCUT2D eigenvalue weighted by atomic mass is 19.1. The van der Waals surface area contributed by atoms with Gasteiger partial charge < -0.3 is 24.5 Å². The first-order valence-electron chi connectivity index (χ1n) is 13.0. The van der Waals surface area contributed by atoms with Crippen molar-refractivity contribution in [2.75, 3.05) is 20.1 Å². The molecule has 38 heavy (non-hydrogen) atoms. The number of hydrogen-bond donors (Lipinski definition) is 1. The third-order valence-electron chi connectivity index (χ3n) is 6.75. The zero-order chi connectivity index (χ0) is 27.7. The first-order valence-corrected chi connectivity index (χ1v) is 13.0. The summed E-state index contributed by atoms with van der Waals surface area (Å²) < 4.78 is 26.6. The molecule has 1 aliphatic rings. The van der Waals surface area contributed by atoms with Gasteiger partial charge in [0, 0.05) is 44.2 Å². The fourth-order valence-electron chi connectivity index (χ4n) is 4.92. The Labute approximate surface area is 224 Å². The highest BCUT2D eigenvalue weighted by Crippen LogP contribution is 2.27. The van der Waals surface area contributed by atoms with Crippen molar-refractivity contribution in [2.45, 2.75) is 71.6 Å². The smallest absolute Gasteiger partial charge is 0.242 e. The van der Waals surface area contributed by atoms with Gasteiger partial charge in [0.1, 0.15) is 30.5 Å². The summed E-state index contributed by atoms with van der Waals surface area (Å²) in [6, 6.07) is 9.77. The maximum Gasteiger partial charge on any atom is 0.242 e. The average Bonchev–Trinajstić information content (AvgIpc) is 2.88. The second kappa shape index (κ2) is 14.0. The van der Waals surface area contributed by atoms with E-state index >= 15 is 0 Å². The van der Waals surface area contributed by atoms with Gasteiger partial charge in [0.15, 0.2) is 0 Å². The van der Waals surface area contributed by atoms with Crippen LogP contribution in [0.3, 0.4) is 0 Å². The molecule has 1 fully saturated rings. The largest absolute Gasteiger partial charge is 0.488 e. The summed E-state index contributed by atoms with van der Waals surface area (Å²) >= 11 is 0. The molecular weight excluding hydrogens is 489 g/mol. The number of likely N-dealkylation sites (N-methyl/N-ethyl adjacent to an activating group) is 1. The van der Waals surface area contributed by atoms with Gasteiger partial charge in [-0.15, -0.1) is 0 Å². The topological polar surface area (TPSA) is 88.2 Å². The lowest BCUT2D eigenvalue weighted by atomic mass is 10.0. The zero-order valence-electron chi connectivity index (χ0n) is 22.6. The number of carbonyl (C=O) groups is 3. The highest BCUT2D eigenvalue weighted by molar-refractivity contribution is 5.83. The van der Waals surface area contributed by atoms with Gasteiger partial charge in [-0.1, -0.05) is 18.2 Å². The van der Waals surface area contributed by atoms with E-state index in [0.29, 0.717) is 29.8 Å². The van der Waals surface area contributed by atoms with Crippen LogP contribution in [0.2, 0.25) is 0 Å². The minimum absolute atomic E-state index is 0.0111. The van der Waals surface area contributed by atoms with Gasteiger partial charge in [0.05, 0.1) is 18.8 Å². The van der Waals surface area contributed by atoms with Crippen LogP contribution in [-0.2, 0) is 38.8 Å². The van der Waals surface area contributed by atoms with Crippen LogP contribution in [0.5, 0.6) is 5.75 Å². The quantitative estimate of drug-likeness (QED) is 0.402. The number of carbonyl (C=O) groups excluding carboxylic acids is 3. The second-order valence-electron chi connectivity index (χ2n) is 9.87. The molecule has 0 saturated carbocycles. The van der Waals surface area contributed by atoms with E-state index in [1.165, 1.54) is 18.0 Å². The molecule has 2 aromatic rings. The lowest BCUT2D eigenvalue weighted by Crippen LogP contribution is -2.45. The molecule has 1 N–H and O–H groups in total. The number of nitrogens with zero attached hydrogens (tertiary/aromatic N) is 2. The van der Waals surface area contributed by atoms with Gasteiger partial charge in [-0.3, -0.25) is 14.5 Å². The van der Waals surface area contributed by atoms with Crippen LogP contribution in [0, 0.1) is 12.7 Å². The molecule has 1 heterocycles. The molecule has 8 nitrogen and oxygen atoms in total. The molecular formula is C29H38FN3O5. The summed E-state index contributed by atoms with van der Waals surface area (Å²) in [6.07, 6.45) is 1.99. The van der Waals surface area contributed by atoms with E-state index in [9.17, 15) is 18.8 Å². The molecule has 0 bridgehead atoms. The van der Waals surface area contributed by atoms with Crippen LogP contribution in [-0.4, -0.2) is 66.8 Å². The number of morpholine rings is 1. The number of benzene rings is 2. The maximum atomic E-state index is 14.7. The van der Waals surface area contributed by atoms with Crippen molar-refractivity contribution in [1.82, 2.24) is 15.1 Å². The highest BCUT2D eigenvalue weighted by Gasteiger charge is 2.26. The summed E-state index contributed by atoms with van der Waals surface area (Å²) in [5.41, 5.74) is 3.01. The van der Waals surface area contributed by atoms with Crippen molar-refractivity contribution >= 4 is 18.6 Å². The number of aldehydes is 1. The van der Waals surface area contributed by atoms with Gasteiger partial charge >= 0.3 is 0 Å². The molecule has 1 aliphatic heterocycles. The standard InChI is InChI=1S/C29H38FN3O5/c1-20-7-5-9-28(25(20)17-33(19-35)27(8-6-12-34)29(36)31-4)37-18-24-13-23(10-11-26(24)30)16-32-14-21(2)38-22(3)15-32/h5,7,9-13,19,21-22,27H,6,8,14-18H2,1-4H3,(H,31,36). The lowest BCUT2D eigenvalue weighted by Gasteiger charge is -2.35. The number of halogens is 1. The van der Waals surface area contributed by atoms with Crippen LogP contribution >= 0.6 is 0 Å². The van der Waals surface area contributed by atoms with E-state index in [-0.39, 0.29) is 49.9 Å². The molecule has 0 spiro atoms. The first-order chi connectivity index (χ1) is 18.2. The van der Waals surface area contributed by atoms with Crippen LogP contribution in [0.4, 0.5) is 4.39 Å². The van der Waals surface area contributed by atoms with Gasteiger partial charge in [-0.25, -0.2) is 4.39 Å². The minimum atomic E-state index is -0.796. The molecule has 0 aromatic heterocycles. The Morgan fingerprint density at radius 1 is 1.24 bits per heavy atom. The Bertz CT molecular complexity index is 1100. The molecule has 3 atom stereocenters. The Balaban J connectivity index is 1.76. The normalized spacial score (nSPS) is 18.4. The summed E-state index contributed by atoms with van der Waals surface area (Å²) in [6.45, 7) is 8.44. The monoisotopic (exact) mass is 527 g/mol. The molecule has 3 unspecified atom stereocenters. The van der Waals surface area contributed by atoms with Gasteiger partial charge in [0.2, 0.25) is 12.3 Å². The SMILES string of the molecule is CNC(=O)C(CCC=O)N(C=O)Cc1c(C)cccc1OCc1cc(CN2CC(C)OC(C)C2)ccc1F. The second-order valence-corrected chi connectivity index (χ2v) is 9.87. The molecule has 3 rings (SSSR count). The summed E-state index contributed by atoms with van der Waals surface area (Å²) in [7, 11) is 1.49. The summed E-state index contributed by atoms with van der Waals surface area (Å²) in [5, 5.41) is 2.56. The van der Waals surface area contributed by atoms with E-state index in [2.05, 4.69) is 24.1 Å². The van der Waals surface area contributed by atoms with Crippen molar-refractivity contribution in [1.29, 1.82) is 0 Å². The van der Waals surface area contributed by atoms with Gasteiger partial charge in [-0.05, 0) is 56.5 Å². The maximum absolute atomic E-state index is 14.7. The zero-order valence-corrected chi connectivity index (χ0v) is 22.6.